The fourth-order valence-electron chi connectivity index (χ4n) is 4.43. The molecule has 2 heterocycles. The number of hydrogen-bond donors (Lipinski definition) is 0. The highest BCUT2D eigenvalue weighted by molar-refractivity contribution is 5.94. The van der Waals surface area contributed by atoms with Crippen molar-refractivity contribution in [1.29, 1.82) is 0 Å². The number of hydrogen-bond acceptors (Lipinski definition) is 6. The minimum absolute atomic E-state index is 0.0717. The maximum Gasteiger partial charge on any atom is 0.272 e. The highest BCUT2D eigenvalue weighted by Gasteiger charge is 2.23. The zero-order valence-electron chi connectivity index (χ0n) is 22.7. The van der Waals surface area contributed by atoms with Gasteiger partial charge in [0.25, 0.3) is 5.91 Å². The molecule has 0 aliphatic heterocycles. The van der Waals surface area contributed by atoms with Gasteiger partial charge in [-0.1, -0.05) is 29.8 Å². The van der Waals surface area contributed by atoms with Crippen molar-refractivity contribution < 1.29 is 14.3 Å². The summed E-state index contributed by atoms with van der Waals surface area (Å²) in [5, 5.41) is 5.23. The van der Waals surface area contributed by atoms with Crippen molar-refractivity contribution in [1.82, 2.24) is 24.6 Å². The highest BCUT2D eigenvalue weighted by atomic mass is 16.5. The Labute approximate surface area is 218 Å². The number of carbonyl (C=O) groups excluding carboxylic acids is 1. The summed E-state index contributed by atoms with van der Waals surface area (Å²) in [6.07, 6.45) is 0. The van der Waals surface area contributed by atoms with Crippen LogP contribution < -0.4 is 9.47 Å². The van der Waals surface area contributed by atoms with Crippen LogP contribution in [0.3, 0.4) is 0 Å². The number of likely N-dealkylation sites (N-methyl/N-ethyl adjacent to an activating group) is 1. The van der Waals surface area contributed by atoms with Crippen molar-refractivity contribution in [3.05, 3.63) is 71.0 Å². The fourth-order valence-corrected chi connectivity index (χ4v) is 4.43. The highest BCUT2D eigenvalue weighted by Crippen LogP contribution is 2.36. The second-order valence-corrected chi connectivity index (χ2v) is 9.55. The van der Waals surface area contributed by atoms with Crippen LogP contribution in [-0.2, 0) is 13.6 Å². The molecule has 0 N–H and O–H groups in total. The number of aryl methyl sites for hydroxylation is 3. The Morgan fingerprint density at radius 2 is 1.62 bits per heavy atom. The summed E-state index contributed by atoms with van der Waals surface area (Å²) in [6.45, 7) is 5.61. The van der Waals surface area contributed by atoms with Gasteiger partial charge < -0.3 is 19.3 Å². The van der Waals surface area contributed by atoms with Crippen molar-refractivity contribution in [3.8, 4) is 22.8 Å². The summed E-state index contributed by atoms with van der Waals surface area (Å²) in [7, 11) is 9.09. The lowest BCUT2D eigenvalue weighted by Gasteiger charge is -2.26. The molecule has 0 unspecified atom stereocenters. The summed E-state index contributed by atoms with van der Waals surface area (Å²) in [5.74, 6) is 1.30. The molecule has 0 spiro atoms. The average molecular weight is 502 g/mol. The molecule has 0 atom stereocenters. The van der Waals surface area contributed by atoms with E-state index in [0.29, 0.717) is 30.3 Å². The zero-order chi connectivity index (χ0) is 26.7. The van der Waals surface area contributed by atoms with Gasteiger partial charge >= 0.3 is 0 Å². The Kier molecular flexibility index (Phi) is 7.78. The van der Waals surface area contributed by atoms with Crippen LogP contribution in [0.15, 0.2) is 48.5 Å². The Morgan fingerprint density at radius 3 is 2.22 bits per heavy atom. The molecular formula is C29H35N5O3. The van der Waals surface area contributed by atoms with E-state index >= 15 is 0 Å². The fraction of sp³-hybridized carbons (Fsp3) is 0.345. The molecule has 0 fully saturated rings. The smallest absolute Gasteiger partial charge is 0.272 e. The van der Waals surface area contributed by atoms with Crippen LogP contribution >= 0.6 is 0 Å². The lowest BCUT2D eigenvalue weighted by molar-refractivity contribution is 0.0721. The third-order valence-electron chi connectivity index (χ3n) is 6.44. The van der Waals surface area contributed by atoms with E-state index in [1.807, 2.05) is 44.1 Å². The van der Waals surface area contributed by atoms with Crippen LogP contribution in [0.25, 0.3) is 22.2 Å². The summed E-state index contributed by atoms with van der Waals surface area (Å²) in [6, 6.07) is 15.9. The largest absolute Gasteiger partial charge is 0.496 e. The van der Waals surface area contributed by atoms with E-state index in [1.54, 1.807) is 25.9 Å². The standard InChI is InChI=1S/C29H35N5O3/c1-19-8-10-21(11-9-19)27-22(17-23-25(36-6)12-13-26(37-7)28(23)30-27)18-34(15-14-32(3)4)29(35)24-16-20(2)31-33(24)5/h8-13,16-17H,14-15,18H2,1-7H3. The topological polar surface area (TPSA) is 72.7 Å². The SMILES string of the molecule is COc1ccc(OC)c2nc(-c3ccc(C)cc3)c(CN(CCN(C)C)C(=O)c3cc(C)nn3C)cc12. The molecule has 2 aromatic heterocycles. The molecule has 37 heavy (non-hydrogen) atoms. The van der Waals surface area contributed by atoms with Crippen molar-refractivity contribution in [2.45, 2.75) is 20.4 Å². The lowest BCUT2D eigenvalue weighted by Crippen LogP contribution is -2.37. The van der Waals surface area contributed by atoms with E-state index in [0.717, 1.165) is 40.0 Å². The Bertz CT molecular complexity index is 1410. The Balaban J connectivity index is 1.88. The van der Waals surface area contributed by atoms with E-state index in [2.05, 4.69) is 47.3 Å². The third-order valence-corrected chi connectivity index (χ3v) is 6.44. The van der Waals surface area contributed by atoms with Crippen molar-refractivity contribution >= 4 is 16.8 Å². The number of fused-ring (bicyclic) bond motifs is 1. The molecule has 8 nitrogen and oxygen atoms in total. The molecular weight excluding hydrogens is 466 g/mol. The molecule has 0 aliphatic rings. The van der Waals surface area contributed by atoms with Gasteiger partial charge in [-0.2, -0.15) is 5.10 Å². The normalized spacial score (nSPS) is 11.2. The van der Waals surface area contributed by atoms with Gasteiger partial charge in [-0.05, 0) is 57.8 Å². The molecule has 8 heteroatoms. The molecule has 0 radical (unpaired) electrons. The van der Waals surface area contributed by atoms with Crippen molar-refractivity contribution in [2.75, 3.05) is 41.4 Å². The molecule has 0 aliphatic carbocycles. The summed E-state index contributed by atoms with van der Waals surface area (Å²) in [5.41, 5.74) is 5.96. The Hall–Kier alpha value is -3.91. The van der Waals surface area contributed by atoms with Crippen LogP contribution in [0.5, 0.6) is 11.5 Å². The number of amides is 1. The van der Waals surface area contributed by atoms with Crippen LogP contribution in [0, 0.1) is 13.8 Å². The van der Waals surface area contributed by atoms with Gasteiger partial charge in [0.1, 0.15) is 22.7 Å². The summed E-state index contributed by atoms with van der Waals surface area (Å²) < 4.78 is 13.0. The average Bonchev–Trinajstić information content (AvgIpc) is 3.22. The van der Waals surface area contributed by atoms with Gasteiger partial charge in [0.05, 0.1) is 25.6 Å². The van der Waals surface area contributed by atoms with Gasteiger partial charge in [0.2, 0.25) is 0 Å². The lowest BCUT2D eigenvalue weighted by atomic mass is 10.0. The first-order chi connectivity index (χ1) is 17.7. The number of benzene rings is 2. The first-order valence-electron chi connectivity index (χ1n) is 12.3. The number of carbonyl (C=O) groups is 1. The van der Waals surface area contributed by atoms with Crippen LogP contribution in [0.4, 0.5) is 0 Å². The zero-order valence-corrected chi connectivity index (χ0v) is 22.7. The van der Waals surface area contributed by atoms with Crippen LogP contribution in [0.1, 0.15) is 27.3 Å². The molecule has 0 bridgehead atoms. The molecule has 0 saturated carbocycles. The predicted octanol–water partition coefficient (Wildman–Crippen LogP) is 4.47. The quantitative estimate of drug-likeness (QED) is 0.337. The third kappa shape index (κ3) is 5.59. The van der Waals surface area contributed by atoms with E-state index in [9.17, 15) is 4.79 Å². The summed E-state index contributed by atoms with van der Waals surface area (Å²) >= 11 is 0. The van der Waals surface area contributed by atoms with Crippen LogP contribution in [0.2, 0.25) is 0 Å². The monoisotopic (exact) mass is 501 g/mol. The first-order valence-corrected chi connectivity index (χ1v) is 12.3. The predicted molar refractivity (Wildman–Crippen MR) is 146 cm³/mol. The number of ether oxygens (including phenoxy) is 2. The molecule has 4 aromatic rings. The molecule has 1 amide bonds. The minimum atomic E-state index is -0.0717. The van der Waals surface area contributed by atoms with Gasteiger partial charge in [-0.3, -0.25) is 9.48 Å². The van der Waals surface area contributed by atoms with E-state index in [-0.39, 0.29) is 5.91 Å². The van der Waals surface area contributed by atoms with Crippen molar-refractivity contribution in [3.63, 3.8) is 0 Å². The molecule has 4 rings (SSSR count). The van der Waals surface area contributed by atoms with Crippen molar-refractivity contribution in [2.24, 2.45) is 7.05 Å². The maximum absolute atomic E-state index is 13.8. The second-order valence-electron chi connectivity index (χ2n) is 9.55. The molecule has 2 aromatic carbocycles. The van der Waals surface area contributed by atoms with Gasteiger partial charge in [-0.25, -0.2) is 4.98 Å². The number of aromatic nitrogens is 3. The molecule has 194 valence electrons. The van der Waals surface area contributed by atoms with Gasteiger partial charge in [0.15, 0.2) is 0 Å². The van der Waals surface area contributed by atoms with Crippen LogP contribution in [-0.4, -0.2) is 71.9 Å². The summed E-state index contributed by atoms with van der Waals surface area (Å²) in [4.78, 5) is 22.8. The van der Waals surface area contributed by atoms with E-state index < -0.39 is 0 Å². The van der Waals surface area contributed by atoms with Gasteiger partial charge in [0, 0.05) is 37.6 Å². The maximum atomic E-state index is 13.8. The van der Waals surface area contributed by atoms with Gasteiger partial charge in [-0.15, -0.1) is 0 Å². The number of pyridine rings is 1. The first kappa shape index (κ1) is 26.2. The number of rotatable bonds is 9. The Morgan fingerprint density at radius 1 is 0.946 bits per heavy atom. The van der Waals surface area contributed by atoms with E-state index in [1.165, 1.54) is 5.56 Å². The second kappa shape index (κ2) is 11.0. The minimum Gasteiger partial charge on any atom is -0.496 e. The number of methoxy groups -OCH3 is 2. The number of nitrogens with zero attached hydrogens (tertiary/aromatic N) is 5. The van der Waals surface area contributed by atoms with E-state index in [4.69, 9.17) is 14.5 Å². The molecule has 0 saturated heterocycles.